The molecule has 1 amide bonds. The second-order valence-corrected chi connectivity index (χ2v) is 7.58. The molecule has 0 aliphatic rings. The van der Waals surface area contributed by atoms with Crippen LogP contribution >= 0.6 is 0 Å². The summed E-state index contributed by atoms with van der Waals surface area (Å²) in [5, 5.41) is 4.30. The number of amides is 1. The van der Waals surface area contributed by atoms with Crippen LogP contribution in [0.1, 0.15) is 37.8 Å². The van der Waals surface area contributed by atoms with Crippen molar-refractivity contribution in [1.82, 2.24) is 10.3 Å². The van der Waals surface area contributed by atoms with E-state index in [1.807, 2.05) is 51.2 Å². The van der Waals surface area contributed by atoms with Gasteiger partial charge in [-0.3, -0.25) is 4.79 Å². The Balaban J connectivity index is 1.96. The van der Waals surface area contributed by atoms with E-state index >= 15 is 0 Å². The number of carbonyl (C=O) groups excluding carboxylic acids is 1. The number of benzene rings is 2. The monoisotopic (exact) mass is 350 g/mol. The number of fused-ring (bicyclic) bond motifs is 1. The van der Waals surface area contributed by atoms with Crippen LogP contribution in [0.2, 0.25) is 0 Å². The van der Waals surface area contributed by atoms with Crippen molar-refractivity contribution in [3.05, 3.63) is 65.9 Å². The molecule has 2 aromatic carbocycles. The third kappa shape index (κ3) is 3.74. The molecule has 26 heavy (non-hydrogen) atoms. The quantitative estimate of drug-likeness (QED) is 0.713. The molecule has 0 saturated heterocycles. The van der Waals surface area contributed by atoms with E-state index in [9.17, 15) is 4.79 Å². The lowest BCUT2D eigenvalue weighted by atomic mass is 9.89. The molecule has 0 fully saturated rings. The van der Waals surface area contributed by atoms with Gasteiger partial charge in [0.1, 0.15) is 5.75 Å². The highest BCUT2D eigenvalue weighted by Gasteiger charge is 2.24. The zero-order chi connectivity index (χ0) is 18.7. The molecule has 136 valence electrons. The number of ether oxygens (including phenoxy) is 1. The SMILES string of the molecule is COc1ccc(C(CNC(=O)C(C)(C)C)c2c[nH]c3ccccc23)cc1. The summed E-state index contributed by atoms with van der Waals surface area (Å²) in [4.78, 5) is 15.7. The van der Waals surface area contributed by atoms with Gasteiger partial charge in [-0.1, -0.05) is 51.1 Å². The number of rotatable bonds is 5. The molecule has 3 aromatic rings. The Bertz CT molecular complexity index is 888. The average molecular weight is 350 g/mol. The van der Waals surface area contributed by atoms with E-state index in [-0.39, 0.29) is 11.8 Å². The summed E-state index contributed by atoms with van der Waals surface area (Å²) in [6.07, 6.45) is 2.04. The van der Waals surface area contributed by atoms with Crippen LogP contribution in [0.3, 0.4) is 0 Å². The minimum Gasteiger partial charge on any atom is -0.497 e. The van der Waals surface area contributed by atoms with Crippen molar-refractivity contribution in [2.45, 2.75) is 26.7 Å². The maximum Gasteiger partial charge on any atom is 0.225 e. The summed E-state index contributed by atoms with van der Waals surface area (Å²) >= 11 is 0. The highest BCUT2D eigenvalue weighted by atomic mass is 16.5. The summed E-state index contributed by atoms with van der Waals surface area (Å²) in [7, 11) is 1.66. The molecular formula is C22H26N2O2. The first kappa shape index (κ1) is 18.1. The van der Waals surface area contributed by atoms with Gasteiger partial charge in [0.15, 0.2) is 0 Å². The predicted molar refractivity (Wildman–Crippen MR) is 106 cm³/mol. The number of nitrogens with one attached hydrogen (secondary N) is 2. The largest absolute Gasteiger partial charge is 0.497 e. The molecule has 4 nitrogen and oxygen atoms in total. The number of aromatic nitrogens is 1. The van der Waals surface area contributed by atoms with Crippen molar-refractivity contribution in [1.29, 1.82) is 0 Å². The van der Waals surface area contributed by atoms with Crippen LogP contribution in [0.4, 0.5) is 0 Å². The highest BCUT2D eigenvalue weighted by Crippen LogP contribution is 2.31. The zero-order valence-corrected chi connectivity index (χ0v) is 15.8. The Morgan fingerprint density at radius 3 is 2.46 bits per heavy atom. The van der Waals surface area contributed by atoms with Gasteiger partial charge < -0.3 is 15.0 Å². The molecule has 0 spiro atoms. The lowest BCUT2D eigenvalue weighted by Crippen LogP contribution is -2.37. The van der Waals surface area contributed by atoms with Gasteiger partial charge in [0, 0.05) is 35.0 Å². The smallest absolute Gasteiger partial charge is 0.225 e. The van der Waals surface area contributed by atoms with Gasteiger partial charge in [0.25, 0.3) is 0 Å². The summed E-state index contributed by atoms with van der Waals surface area (Å²) in [5.41, 5.74) is 3.01. The highest BCUT2D eigenvalue weighted by molar-refractivity contribution is 5.85. The molecule has 1 aromatic heterocycles. The number of methoxy groups -OCH3 is 1. The van der Waals surface area contributed by atoms with Crippen LogP contribution in [0, 0.1) is 5.41 Å². The van der Waals surface area contributed by atoms with Crippen molar-refractivity contribution < 1.29 is 9.53 Å². The minimum absolute atomic E-state index is 0.0517. The van der Waals surface area contributed by atoms with Gasteiger partial charge in [-0.2, -0.15) is 0 Å². The van der Waals surface area contributed by atoms with Crippen molar-refractivity contribution in [3.8, 4) is 5.75 Å². The van der Waals surface area contributed by atoms with Crippen LogP contribution in [0.5, 0.6) is 5.75 Å². The van der Waals surface area contributed by atoms with Gasteiger partial charge in [0.05, 0.1) is 7.11 Å². The molecule has 2 N–H and O–H groups in total. The number of hydrogen-bond acceptors (Lipinski definition) is 2. The molecule has 1 atom stereocenters. The third-order valence-corrected chi connectivity index (χ3v) is 4.66. The van der Waals surface area contributed by atoms with Crippen molar-refractivity contribution in [2.75, 3.05) is 13.7 Å². The zero-order valence-electron chi connectivity index (χ0n) is 15.8. The Morgan fingerprint density at radius 2 is 1.81 bits per heavy atom. The van der Waals surface area contributed by atoms with E-state index in [1.54, 1.807) is 7.11 Å². The Kier molecular flexibility index (Phi) is 5.03. The predicted octanol–water partition coefficient (Wildman–Crippen LogP) is 4.47. The first-order valence-corrected chi connectivity index (χ1v) is 8.88. The molecular weight excluding hydrogens is 324 g/mol. The van der Waals surface area contributed by atoms with Gasteiger partial charge in [0.2, 0.25) is 5.91 Å². The van der Waals surface area contributed by atoms with Crippen LogP contribution < -0.4 is 10.1 Å². The molecule has 1 heterocycles. The minimum atomic E-state index is -0.412. The topological polar surface area (TPSA) is 54.1 Å². The van der Waals surface area contributed by atoms with Gasteiger partial charge in [-0.25, -0.2) is 0 Å². The van der Waals surface area contributed by atoms with Gasteiger partial charge in [-0.05, 0) is 29.3 Å². The molecule has 0 aliphatic carbocycles. The molecule has 0 bridgehead atoms. The summed E-state index contributed by atoms with van der Waals surface area (Å²) < 4.78 is 5.28. The lowest BCUT2D eigenvalue weighted by molar-refractivity contribution is -0.128. The van der Waals surface area contributed by atoms with Crippen molar-refractivity contribution in [2.24, 2.45) is 5.41 Å². The maximum atomic E-state index is 12.4. The van der Waals surface area contributed by atoms with Crippen molar-refractivity contribution >= 4 is 16.8 Å². The lowest BCUT2D eigenvalue weighted by Gasteiger charge is -2.22. The van der Waals surface area contributed by atoms with Gasteiger partial charge >= 0.3 is 0 Å². The van der Waals surface area contributed by atoms with E-state index in [2.05, 4.69) is 34.6 Å². The van der Waals surface area contributed by atoms with Crippen LogP contribution in [-0.2, 0) is 4.79 Å². The summed E-state index contributed by atoms with van der Waals surface area (Å²) in [5.74, 6) is 0.935. The summed E-state index contributed by atoms with van der Waals surface area (Å²) in [6, 6.07) is 16.3. The number of para-hydroxylation sites is 1. The molecule has 0 radical (unpaired) electrons. The fraction of sp³-hybridized carbons (Fsp3) is 0.318. The van der Waals surface area contributed by atoms with E-state index in [1.165, 1.54) is 10.9 Å². The summed E-state index contributed by atoms with van der Waals surface area (Å²) in [6.45, 7) is 6.33. The Hall–Kier alpha value is -2.75. The molecule has 3 rings (SSSR count). The van der Waals surface area contributed by atoms with E-state index in [0.717, 1.165) is 16.8 Å². The molecule has 0 aliphatic heterocycles. The average Bonchev–Trinajstić information content (AvgIpc) is 3.05. The van der Waals surface area contributed by atoms with E-state index in [0.29, 0.717) is 6.54 Å². The Morgan fingerprint density at radius 1 is 1.12 bits per heavy atom. The fourth-order valence-corrected chi connectivity index (χ4v) is 3.09. The maximum absolute atomic E-state index is 12.4. The van der Waals surface area contributed by atoms with E-state index in [4.69, 9.17) is 4.74 Å². The first-order valence-electron chi connectivity index (χ1n) is 8.88. The number of hydrogen-bond donors (Lipinski definition) is 2. The molecule has 1 unspecified atom stereocenters. The third-order valence-electron chi connectivity index (χ3n) is 4.66. The number of H-pyrrole nitrogens is 1. The van der Waals surface area contributed by atoms with Crippen LogP contribution in [0.25, 0.3) is 10.9 Å². The number of carbonyl (C=O) groups is 1. The standard InChI is InChI=1S/C22H26N2O2/c1-22(2,3)21(25)24-13-18(15-9-11-16(26-4)12-10-15)19-14-23-20-8-6-5-7-17(19)20/h5-12,14,18,23H,13H2,1-4H3,(H,24,25). The van der Waals surface area contributed by atoms with Crippen LogP contribution in [0.15, 0.2) is 54.7 Å². The Labute approximate surface area is 154 Å². The van der Waals surface area contributed by atoms with Crippen LogP contribution in [-0.4, -0.2) is 24.5 Å². The first-order chi connectivity index (χ1) is 12.4. The molecule has 0 saturated carbocycles. The fourth-order valence-electron chi connectivity index (χ4n) is 3.09. The van der Waals surface area contributed by atoms with E-state index < -0.39 is 5.41 Å². The van der Waals surface area contributed by atoms with Gasteiger partial charge in [-0.15, -0.1) is 0 Å². The number of aromatic amines is 1. The van der Waals surface area contributed by atoms with Crippen molar-refractivity contribution in [3.63, 3.8) is 0 Å². The normalized spacial score (nSPS) is 12.8. The second kappa shape index (κ2) is 7.24. The second-order valence-electron chi connectivity index (χ2n) is 7.58. The molecule has 4 heteroatoms.